The number of aliphatic imine (C=N–C) groups is 1. The van der Waals surface area contributed by atoms with Crippen molar-refractivity contribution in [2.75, 3.05) is 0 Å². The molecule has 0 amide bonds. The molecular formula is C9H7NO. The quantitative estimate of drug-likeness (QED) is 0.313. The largest absolute Gasteiger partial charge is 0.240 e. The fraction of sp³-hybridized carbons (Fsp3) is 0.222. The van der Waals surface area contributed by atoms with E-state index in [1.54, 1.807) is 12.2 Å². The summed E-state index contributed by atoms with van der Waals surface area (Å²) in [7, 11) is 0. The molecule has 0 fully saturated rings. The summed E-state index contributed by atoms with van der Waals surface area (Å²) >= 11 is 0. The number of rotatable bonds is 1. The van der Waals surface area contributed by atoms with Gasteiger partial charge in [-0.05, 0) is 12.2 Å². The second-order valence-electron chi connectivity index (χ2n) is 2.00. The predicted octanol–water partition coefficient (Wildman–Crippen LogP) is 1.56. The molecule has 54 valence electrons. The van der Waals surface area contributed by atoms with Crippen LogP contribution in [0.3, 0.4) is 0 Å². The van der Waals surface area contributed by atoms with E-state index in [1.807, 2.05) is 6.08 Å². The van der Waals surface area contributed by atoms with E-state index in [-0.39, 0.29) is 0 Å². The van der Waals surface area contributed by atoms with Gasteiger partial charge in [0.15, 0.2) is 0 Å². The fourth-order valence-corrected chi connectivity index (χ4v) is 0.742. The zero-order valence-electron chi connectivity index (χ0n) is 6.00. The van der Waals surface area contributed by atoms with Crippen LogP contribution in [0.1, 0.15) is 12.8 Å². The maximum absolute atomic E-state index is 9.87. The Morgan fingerprint density at radius 1 is 1.45 bits per heavy atom. The summed E-state index contributed by atoms with van der Waals surface area (Å²) in [6, 6.07) is 0. The molecule has 0 aromatic heterocycles. The molecule has 1 rings (SSSR count). The minimum atomic E-state index is 0.647. The molecule has 1 aliphatic rings. The first-order valence-corrected chi connectivity index (χ1v) is 3.34. The Labute approximate surface area is 65.3 Å². The molecule has 0 spiro atoms. The van der Waals surface area contributed by atoms with E-state index in [0.29, 0.717) is 12.1 Å². The summed E-state index contributed by atoms with van der Waals surface area (Å²) in [5.41, 5.74) is 0.647. The molecule has 2 nitrogen and oxygen atoms in total. The van der Waals surface area contributed by atoms with Gasteiger partial charge in [0.25, 0.3) is 0 Å². The van der Waals surface area contributed by atoms with Gasteiger partial charge >= 0.3 is 0 Å². The van der Waals surface area contributed by atoms with Gasteiger partial charge in [-0.25, -0.2) is 4.79 Å². The normalized spacial score (nSPS) is 22.4. The van der Waals surface area contributed by atoms with Gasteiger partial charge in [-0.3, -0.25) is 0 Å². The summed E-state index contributed by atoms with van der Waals surface area (Å²) in [6.07, 6.45) is 8.33. The van der Waals surface area contributed by atoms with Crippen molar-refractivity contribution in [2.45, 2.75) is 12.8 Å². The van der Waals surface area contributed by atoms with Crippen molar-refractivity contribution in [3.05, 3.63) is 23.9 Å². The third-order valence-corrected chi connectivity index (χ3v) is 1.22. The lowest BCUT2D eigenvalue weighted by Gasteiger charge is -1.90. The second-order valence-corrected chi connectivity index (χ2v) is 2.00. The molecule has 0 heterocycles. The van der Waals surface area contributed by atoms with Crippen LogP contribution in [0.5, 0.6) is 0 Å². The highest BCUT2D eigenvalue weighted by molar-refractivity contribution is 5.40. The Bertz CT molecular complexity index is 295. The minimum Gasteiger partial charge on any atom is -0.211 e. The van der Waals surface area contributed by atoms with Gasteiger partial charge in [0.1, 0.15) is 0 Å². The SMILES string of the molecule is O=C=NC1=C/CC#CC/C=C\1. The first kappa shape index (κ1) is 7.53. The average molecular weight is 145 g/mol. The van der Waals surface area contributed by atoms with Crippen molar-refractivity contribution in [2.24, 2.45) is 4.99 Å². The van der Waals surface area contributed by atoms with Gasteiger partial charge in [0, 0.05) is 12.8 Å². The molecule has 0 aromatic rings. The molecule has 0 radical (unpaired) electrons. The Morgan fingerprint density at radius 2 is 2.27 bits per heavy atom. The number of hydrogen-bond donors (Lipinski definition) is 0. The third kappa shape index (κ3) is 2.66. The van der Waals surface area contributed by atoms with E-state index in [1.165, 1.54) is 6.08 Å². The first-order valence-electron chi connectivity index (χ1n) is 3.34. The molecule has 0 N–H and O–H groups in total. The van der Waals surface area contributed by atoms with E-state index in [9.17, 15) is 4.79 Å². The number of hydrogen-bond acceptors (Lipinski definition) is 2. The van der Waals surface area contributed by atoms with E-state index in [2.05, 4.69) is 16.8 Å². The average Bonchev–Trinajstić information content (AvgIpc) is 1.94. The predicted molar refractivity (Wildman–Crippen MR) is 42.4 cm³/mol. The monoisotopic (exact) mass is 145 g/mol. The number of carbonyl (C=O) groups excluding carboxylic acids is 1. The molecule has 0 aliphatic heterocycles. The van der Waals surface area contributed by atoms with Crippen LogP contribution >= 0.6 is 0 Å². The van der Waals surface area contributed by atoms with Crippen LogP contribution in [0.25, 0.3) is 0 Å². The summed E-state index contributed by atoms with van der Waals surface area (Å²) in [6.45, 7) is 0. The van der Waals surface area contributed by atoms with Gasteiger partial charge in [0.05, 0.1) is 5.70 Å². The van der Waals surface area contributed by atoms with Crippen LogP contribution in [0.15, 0.2) is 28.9 Å². The third-order valence-electron chi connectivity index (χ3n) is 1.22. The van der Waals surface area contributed by atoms with Crippen molar-refractivity contribution < 1.29 is 4.79 Å². The Hall–Kier alpha value is -1.58. The topological polar surface area (TPSA) is 29.4 Å². The van der Waals surface area contributed by atoms with E-state index >= 15 is 0 Å². The molecule has 1 aliphatic carbocycles. The van der Waals surface area contributed by atoms with Crippen LogP contribution in [0.2, 0.25) is 0 Å². The highest BCUT2D eigenvalue weighted by Crippen LogP contribution is 2.02. The second kappa shape index (κ2) is 4.27. The fourth-order valence-electron chi connectivity index (χ4n) is 0.742. The van der Waals surface area contributed by atoms with Gasteiger partial charge in [-0.15, -0.1) is 0 Å². The van der Waals surface area contributed by atoms with E-state index in [0.717, 1.165) is 6.42 Å². The van der Waals surface area contributed by atoms with E-state index < -0.39 is 0 Å². The highest BCUT2D eigenvalue weighted by Gasteiger charge is 1.87. The highest BCUT2D eigenvalue weighted by atomic mass is 16.1. The van der Waals surface area contributed by atoms with Crippen LogP contribution in [-0.2, 0) is 4.79 Å². The number of isocyanates is 1. The number of allylic oxidation sites excluding steroid dienone is 3. The minimum absolute atomic E-state index is 0.647. The summed E-state index contributed by atoms with van der Waals surface area (Å²) in [5.74, 6) is 5.84. The molecule has 0 unspecified atom stereocenters. The van der Waals surface area contributed by atoms with Crippen molar-refractivity contribution in [1.82, 2.24) is 0 Å². The lowest BCUT2D eigenvalue weighted by molar-refractivity contribution is 0.565. The van der Waals surface area contributed by atoms with Crippen molar-refractivity contribution >= 4 is 6.08 Å². The van der Waals surface area contributed by atoms with Crippen LogP contribution < -0.4 is 0 Å². The lowest BCUT2D eigenvalue weighted by Crippen LogP contribution is -1.75. The molecule has 2 heteroatoms. The molecule has 0 saturated carbocycles. The van der Waals surface area contributed by atoms with Gasteiger partial charge in [0.2, 0.25) is 6.08 Å². The molecule has 11 heavy (non-hydrogen) atoms. The smallest absolute Gasteiger partial charge is 0.211 e. The van der Waals surface area contributed by atoms with Crippen molar-refractivity contribution in [3.8, 4) is 11.8 Å². The standard InChI is InChI=1S/C9H7NO/c11-8-10-9-6-4-2-1-3-5-7-9/h4,6-7H,2,5H2/b6-4-,9-7+. The van der Waals surface area contributed by atoms with Crippen molar-refractivity contribution in [3.63, 3.8) is 0 Å². The number of nitrogens with zero attached hydrogens (tertiary/aromatic N) is 1. The molecular weight excluding hydrogens is 138 g/mol. The maximum atomic E-state index is 9.87. The summed E-state index contributed by atoms with van der Waals surface area (Å²) in [5, 5.41) is 0. The summed E-state index contributed by atoms with van der Waals surface area (Å²) in [4.78, 5) is 13.4. The Morgan fingerprint density at radius 3 is 3.09 bits per heavy atom. The lowest BCUT2D eigenvalue weighted by atomic mass is 10.2. The first-order chi connectivity index (χ1) is 5.43. The van der Waals surface area contributed by atoms with Crippen LogP contribution in [0.4, 0.5) is 0 Å². The van der Waals surface area contributed by atoms with Gasteiger partial charge in [-0.2, -0.15) is 4.99 Å². The Kier molecular flexibility index (Phi) is 2.92. The van der Waals surface area contributed by atoms with Gasteiger partial charge < -0.3 is 0 Å². The van der Waals surface area contributed by atoms with Crippen LogP contribution in [-0.4, -0.2) is 6.08 Å². The Balaban J connectivity index is 2.80. The van der Waals surface area contributed by atoms with Gasteiger partial charge in [-0.1, -0.05) is 17.9 Å². The zero-order valence-corrected chi connectivity index (χ0v) is 6.00. The van der Waals surface area contributed by atoms with Crippen LogP contribution in [0, 0.1) is 11.8 Å². The maximum Gasteiger partial charge on any atom is 0.240 e. The molecule has 0 bridgehead atoms. The molecule has 0 aromatic carbocycles. The molecule has 0 atom stereocenters. The summed E-state index contributed by atoms with van der Waals surface area (Å²) < 4.78 is 0. The van der Waals surface area contributed by atoms with E-state index in [4.69, 9.17) is 0 Å². The molecule has 0 saturated heterocycles. The zero-order chi connectivity index (χ0) is 7.94. The van der Waals surface area contributed by atoms with Crippen molar-refractivity contribution in [1.29, 1.82) is 0 Å².